The van der Waals surface area contributed by atoms with E-state index in [0.717, 1.165) is 25.7 Å². The van der Waals surface area contributed by atoms with E-state index in [1.165, 1.54) is 6.07 Å². The molecule has 0 bridgehead atoms. The number of imide groups is 1. The van der Waals surface area contributed by atoms with Gasteiger partial charge in [0.25, 0.3) is 0 Å². The molecule has 0 heterocycles. The summed E-state index contributed by atoms with van der Waals surface area (Å²) in [5.74, 6) is -0.784. The lowest BCUT2D eigenvalue weighted by Crippen LogP contribution is -2.48. The zero-order valence-electron chi connectivity index (χ0n) is 12.9. The minimum absolute atomic E-state index is 0.155. The number of aryl methyl sites for hydroxylation is 1. The molecule has 1 unspecified atom stereocenters. The van der Waals surface area contributed by atoms with Crippen LogP contribution in [0.4, 0.5) is 14.9 Å². The molecule has 3 N–H and O–H groups in total. The fourth-order valence-electron chi connectivity index (χ4n) is 2.51. The average molecular weight is 307 g/mol. The third-order valence-corrected chi connectivity index (χ3v) is 3.88. The van der Waals surface area contributed by atoms with Crippen molar-refractivity contribution in [2.45, 2.75) is 51.6 Å². The molecule has 1 aromatic rings. The fourth-order valence-corrected chi connectivity index (χ4v) is 2.51. The van der Waals surface area contributed by atoms with Gasteiger partial charge in [-0.2, -0.15) is 0 Å². The average Bonchev–Trinajstić information content (AvgIpc) is 2.95. The Kier molecular flexibility index (Phi) is 5.35. The van der Waals surface area contributed by atoms with Crippen LogP contribution in [0.5, 0.6) is 0 Å². The summed E-state index contributed by atoms with van der Waals surface area (Å²) in [4.78, 5) is 23.7. The number of hydrogen-bond acceptors (Lipinski definition) is 3. The smallest absolute Gasteiger partial charge is 0.321 e. The zero-order chi connectivity index (χ0) is 16.1. The Balaban J connectivity index is 1.83. The normalized spacial score (nSPS) is 16.1. The van der Waals surface area contributed by atoms with Crippen LogP contribution in [0.15, 0.2) is 18.2 Å². The summed E-state index contributed by atoms with van der Waals surface area (Å²) in [6.07, 6.45) is 4.13. The molecular weight excluding hydrogens is 285 g/mol. The Morgan fingerprint density at radius 1 is 1.27 bits per heavy atom. The molecule has 0 saturated heterocycles. The highest BCUT2D eigenvalue weighted by molar-refractivity contribution is 5.98. The van der Waals surface area contributed by atoms with Gasteiger partial charge in [0, 0.05) is 11.7 Å². The van der Waals surface area contributed by atoms with Gasteiger partial charge < -0.3 is 10.6 Å². The van der Waals surface area contributed by atoms with Gasteiger partial charge in [0.15, 0.2) is 0 Å². The zero-order valence-corrected chi connectivity index (χ0v) is 12.9. The maximum absolute atomic E-state index is 13.5. The number of carbonyl (C=O) groups is 2. The minimum atomic E-state index is -0.642. The van der Waals surface area contributed by atoms with Crippen molar-refractivity contribution in [3.8, 4) is 0 Å². The summed E-state index contributed by atoms with van der Waals surface area (Å²) in [6, 6.07) is 3.70. The van der Waals surface area contributed by atoms with Gasteiger partial charge in [-0.25, -0.2) is 9.18 Å². The Morgan fingerprint density at radius 2 is 1.95 bits per heavy atom. The highest BCUT2D eigenvalue weighted by Gasteiger charge is 2.20. The number of carbonyl (C=O) groups excluding carboxylic acids is 2. The number of halogens is 1. The molecule has 1 saturated carbocycles. The molecule has 0 radical (unpaired) electrons. The van der Waals surface area contributed by atoms with Crippen LogP contribution in [-0.2, 0) is 4.79 Å². The van der Waals surface area contributed by atoms with Crippen molar-refractivity contribution in [3.05, 3.63) is 29.6 Å². The predicted octanol–water partition coefficient (Wildman–Crippen LogP) is 2.70. The first-order valence-corrected chi connectivity index (χ1v) is 7.60. The van der Waals surface area contributed by atoms with E-state index in [-0.39, 0.29) is 11.9 Å². The topological polar surface area (TPSA) is 70.2 Å². The molecule has 1 fully saturated rings. The van der Waals surface area contributed by atoms with Crippen molar-refractivity contribution >= 4 is 17.6 Å². The molecule has 6 heteroatoms. The SMILES string of the molecule is Cc1ccc(NC(C)C(=O)NC(=O)NC2CCCC2)cc1F. The van der Waals surface area contributed by atoms with E-state index >= 15 is 0 Å². The van der Waals surface area contributed by atoms with E-state index in [2.05, 4.69) is 16.0 Å². The van der Waals surface area contributed by atoms with E-state index in [1.807, 2.05) is 0 Å². The van der Waals surface area contributed by atoms with Crippen molar-refractivity contribution in [2.75, 3.05) is 5.32 Å². The third-order valence-electron chi connectivity index (χ3n) is 3.88. The van der Waals surface area contributed by atoms with Crippen LogP contribution in [0, 0.1) is 12.7 Å². The van der Waals surface area contributed by atoms with Crippen LogP contribution in [-0.4, -0.2) is 24.0 Å². The summed E-state index contributed by atoms with van der Waals surface area (Å²) in [5.41, 5.74) is 1.04. The lowest BCUT2D eigenvalue weighted by Gasteiger charge is -2.17. The van der Waals surface area contributed by atoms with Crippen LogP contribution < -0.4 is 16.0 Å². The Hall–Kier alpha value is -2.11. The van der Waals surface area contributed by atoms with Crippen LogP contribution in [0.1, 0.15) is 38.2 Å². The molecule has 1 aliphatic rings. The number of nitrogens with one attached hydrogen (secondary N) is 3. The highest BCUT2D eigenvalue weighted by Crippen LogP contribution is 2.17. The minimum Gasteiger partial charge on any atom is -0.374 e. The number of benzene rings is 1. The molecule has 0 aliphatic heterocycles. The Bertz CT molecular complexity index is 556. The molecular formula is C16H22FN3O2. The first-order valence-electron chi connectivity index (χ1n) is 7.60. The number of urea groups is 1. The quantitative estimate of drug-likeness (QED) is 0.801. The van der Waals surface area contributed by atoms with Crippen molar-refractivity contribution in [2.24, 2.45) is 0 Å². The van der Waals surface area contributed by atoms with Gasteiger partial charge in [-0.05, 0) is 44.4 Å². The molecule has 2 rings (SSSR count). The van der Waals surface area contributed by atoms with Gasteiger partial charge in [-0.15, -0.1) is 0 Å². The van der Waals surface area contributed by atoms with Crippen molar-refractivity contribution < 1.29 is 14.0 Å². The largest absolute Gasteiger partial charge is 0.374 e. The first kappa shape index (κ1) is 16.3. The Morgan fingerprint density at radius 3 is 2.59 bits per heavy atom. The molecule has 3 amide bonds. The molecule has 1 aromatic carbocycles. The summed E-state index contributed by atoms with van der Waals surface area (Å²) < 4.78 is 13.5. The molecule has 0 spiro atoms. The fraction of sp³-hybridized carbons (Fsp3) is 0.500. The van der Waals surface area contributed by atoms with Crippen LogP contribution in [0.25, 0.3) is 0 Å². The van der Waals surface area contributed by atoms with Crippen LogP contribution >= 0.6 is 0 Å². The van der Waals surface area contributed by atoms with Gasteiger partial charge in [0.1, 0.15) is 11.9 Å². The highest BCUT2D eigenvalue weighted by atomic mass is 19.1. The number of anilines is 1. The summed E-state index contributed by atoms with van der Waals surface area (Å²) in [6.45, 7) is 3.29. The summed E-state index contributed by atoms with van der Waals surface area (Å²) >= 11 is 0. The second kappa shape index (κ2) is 7.24. The lowest BCUT2D eigenvalue weighted by molar-refractivity contribution is -0.120. The molecule has 5 nitrogen and oxygen atoms in total. The standard InChI is InChI=1S/C16H22FN3O2/c1-10-7-8-13(9-14(10)17)18-11(2)15(21)20-16(22)19-12-5-3-4-6-12/h7-9,11-12,18H,3-6H2,1-2H3,(H2,19,20,21,22). The van der Waals surface area contributed by atoms with Crippen molar-refractivity contribution in [1.29, 1.82) is 0 Å². The van der Waals surface area contributed by atoms with Gasteiger partial charge >= 0.3 is 6.03 Å². The van der Waals surface area contributed by atoms with Gasteiger partial charge in [0.05, 0.1) is 0 Å². The summed E-state index contributed by atoms with van der Waals surface area (Å²) in [7, 11) is 0. The van der Waals surface area contributed by atoms with E-state index < -0.39 is 18.0 Å². The van der Waals surface area contributed by atoms with Gasteiger partial charge in [-0.3, -0.25) is 10.1 Å². The van der Waals surface area contributed by atoms with Gasteiger partial charge in [-0.1, -0.05) is 18.9 Å². The number of hydrogen-bond donors (Lipinski definition) is 3. The van der Waals surface area contributed by atoms with Crippen molar-refractivity contribution in [3.63, 3.8) is 0 Å². The molecule has 1 aliphatic carbocycles. The van der Waals surface area contributed by atoms with E-state index in [4.69, 9.17) is 0 Å². The summed E-state index contributed by atoms with van der Waals surface area (Å²) in [5, 5.41) is 7.97. The molecule has 0 aromatic heterocycles. The second-order valence-electron chi connectivity index (χ2n) is 5.77. The third kappa shape index (κ3) is 4.44. The van der Waals surface area contributed by atoms with E-state index in [1.54, 1.807) is 26.0 Å². The number of amides is 3. The maximum atomic E-state index is 13.5. The van der Waals surface area contributed by atoms with Crippen LogP contribution in [0.3, 0.4) is 0 Å². The second-order valence-corrected chi connectivity index (χ2v) is 5.77. The molecule has 120 valence electrons. The van der Waals surface area contributed by atoms with Crippen molar-refractivity contribution in [1.82, 2.24) is 10.6 Å². The van der Waals surface area contributed by atoms with E-state index in [9.17, 15) is 14.0 Å². The number of rotatable bonds is 4. The maximum Gasteiger partial charge on any atom is 0.321 e. The molecule has 22 heavy (non-hydrogen) atoms. The molecule has 1 atom stereocenters. The predicted molar refractivity (Wildman–Crippen MR) is 83.2 cm³/mol. The first-order chi connectivity index (χ1) is 10.5. The van der Waals surface area contributed by atoms with Crippen LogP contribution in [0.2, 0.25) is 0 Å². The monoisotopic (exact) mass is 307 g/mol. The van der Waals surface area contributed by atoms with E-state index in [0.29, 0.717) is 11.3 Å². The Labute approximate surface area is 129 Å². The van der Waals surface area contributed by atoms with Gasteiger partial charge in [0.2, 0.25) is 5.91 Å². The lowest BCUT2D eigenvalue weighted by atomic mass is 10.2.